The molecule has 0 saturated carbocycles. The van der Waals surface area contributed by atoms with Crippen molar-refractivity contribution in [3.63, 3.8) is 0 Å². The second-order valence-corrected chi connectivity index (χ2v) is 8.15. The van der Waals surface area contributed by atoms with Crippen LogP contribution in [0.4, 0.5) is 8.78 Å². The number of likely N-dealkylation sites (tertiary alicyclic amines) is 1. The molecule has 1 aromatic carbocycles. The van der Waals surface area contributed by atoms with Crippen LogP contribution < -0.4 is 11.1 Å². The van der Waals surface area contributed by atoms with E-state index in [1.54, 1.807) is 12.1 Å². The van der Waals surface area contributed by atoms with E-state index >= 15 is 0 Å². The van der Waals surface area contributed by atoms with Crippen LogP contribution in [0, 0.1) is 0 Å². The number of fused-ring (bicyclic) bond motifs is 1. The van der Waals surface area contributed by atoms with Gasteiger partial charge in [0.2, 0.25) is 11.8 Å². The van der Waals surface area contributed by atoms with E-state index in [4.69, 9.17) is 5.73 Å². The predicted octanol–water partition coefficient (Wildman–Crippen LogP) is 1.01. The third-order valence-electron chi connectivity index (χ3n) is 6.29. The second kappa shape index (κ2) is 7.46. The Bertz CT molecular complexity index is 852. The zero-order valence-corrected chi connectivity index (χ0v) is 16.0. The molecule has 0 spiro atoms. The number of nitrogens with two attached hydrogens (primary N) is 1. The van der Waals surface area contributed by atoms with Crippen molar-refractivity contribution in [3.8, 4) is 0 Å². The van der Waals surface area contributed by atoms with Crippen LogP contribution in [-0.2, 0) is 22.7 Å². The minimum absolute atomic E-state index is 0.210. The minimum Gasteiger partial charge on any atom is -0.322 e. The quantitative estimate of drug-likeness (QED) is 0.728. The van der Waals surface area contributed by atoms with E-state index < -0.39 is 23.9 Å². The van der Waals surface area contributed by atoms with Crippen LogP contribution in [0.25, 0.3) is 0 Å². The Morgan fingerprint density at radius 2 is 1.93 bits per heavy atom. The number of imide groups is 1. The maximum absolute atomic E-state index is 13.1. The van der Waals surface area contributed by atoms with E-state index in [0.717, 1.165) is 11.1 Å². The summed E-state index contributed by atoms with van der Waals surface area (Å²) in [7, 11) is 0. The number of rotatable bonds is 4. The SMILES string of the molecule is NC1(C(F)F)CCN(Cc2cccc3c2CN(C2CCC(=O)NC2=O)C3=O)CC1. The van der Waals surface area contributed by atoms with Gasteiger partial charge in [0.25, 0.3) is 12.3 Å². The molecule has 156 valence electrons. The first-order chi connectivity index (χ1) is 13.8. The average Bonchev–Trinajstić information content (AvgIpc) is 3.01. The Morgan fingerprint density at radius 1 is 1.21 bits per heavy atom. The van der Waals surface area contributed by atoms with Crippen LogP contribution in [0.1, 0.15) is 47.2 Å². The maximum atomic E-state index is 13.1. The monoisotopic (exact) mass is 406 g/mol. The van der Waals surface area contributed by atoms with Crippen molar-refractivity contribution in [2.75, 3.05) is 13.1 Å². The van der Waals surface area contributed by atoms with Crippen LogP contribution in [0.2, 0.25) is 0 Å². The number of carbonyl (C=O) groups is 3. The van der Waals surface area contributed by atoms with Crippen LogP contribution in [0.3, 0.4) is 0 Å². The number of nitrogens with one attached hydrogen (secondary N) is 1. The molecule has 3 heterocycles. The van der Waals surface area contributed by atoms with Crippen LogP contribution in [0.5, 0.6) is 0 Å². The molecule has 3 N–H and O–H groups in total. The molecule has 29 heavy (non-hydrogen) atoms. The van der Waals surface area contributed by atoms with Crippen LogP contribution in [-0.4, -0.2) is 58.6 Å². The summed E-state index contributed by atoms with van der Waals surface area (Å²) >= 11 is 0. The van der Waals surface area contributed by atoms with Crippen LogP contribution in [0.15, 0.2) is 18.2 Å². The van der Waals surface area contributed by atoms with Gasteiger partial charge in [0, 0.05) is 38.2 Å². The molecular weight excluding hydrogens is 382 g/mol. The summed E-state index contributed by atoms with van der Waals surface area (Å²) in [5, 5.41) is 2.30. The first kappa shape index (κ1) is 19.9. The molecular formula is C20H24F2N4O3. The minimum atomic E-state index is -2.54. The van der Waals surface area contributed by atoms with Gasteiger partial charge in [-0.15, -0.1) is 0 Å². The van der Waals surface area contributed by atoms with Gasteiger partial charge in [-0.1, -0.05) is 12.1 Å². The zero-order valence-electron chi connectivity index (χ0n) is 16.0. The standard InChI is InChI=1S/C20H24F2N4O3/c21-19(22)20(23)6-8-25(9-7-20)10-12-2-1-3-13-14(12)11-26(18(13)29)15-4-5-16(27)24-17(15)28/h1-3,15,19H,4-11,23H2,(H,24,27,28). The molecule has 3 aliphatic heterocycles. The molecule has 2 saturated heterocycles. The summed E-state index contributed by atoms with van der Waals surface area (Å²) in [5.74, 6) is -0.971. The highest BCUT2D eigenvalue weighted by Gasteiger charge is 2.41. The first-order valence-electron chi connectivity index (χ1n) is 9.83. The van der Waals surface area contributed by atoms with Crippen molar-refractivity contribution < 1.29 is 23.2 Å². The maximum Gasteiger partial charge on any atom is 0.256 e. The topological polar surface area (TPSA) is 95.7 Å². The van der Waals surface area contributed by atoms with Crippen molar-refractivity contribution in [2.45, 2.75) is 56.8 Å². The summed E-state index contributed by atoms with van der Waals surface area (Å²) in [6.07, 6.45) is -1.56. The molecule has 0 bridgehead atoms. The van der Waals surface area contributed by atoms with E-state index in [9.17, 15) is 23.2 Å². The molecule has 0 aromatic heterocycles. The summed E-state index contributed by atoms with van der Waals surface area (Å²) < 4.78 is 26.2. The molecule has 0 radical (unpaired) electrons. The number of hydrogen-bond donors (Lipinski definition) is 2. The van der Waals surface area contributed by atoms with Crippen molar-refractivity contribution in [3.05, 3.63) is 34.9 Å². The lowest BCUT2D eigenvalue weighted by Crippen LogP contribution is -2.54. The van der Waals surface area contributed by atoms with Gasteiger partial charge in [-0.3, -0.25) is 24.6 Å². The third kappa shape index (κ3) is 3.64. The first-order valence-corrected chi connectivity index (χ1v) is 9.83. The van der Waals surface area contributed by atoms with Crippen molar-refractivity contribution in [2.24, 2.45) is 5.73 Å². The molecule has 2 fully saturated rings. The normalized spacial score (nSPS) is 24.8. The Kier molecular flexibility index (Phi) is 5.12. The summed E-state index contributed by atoms with van der Waals surface area (Å²) in [6, 6.07) is 4.82. The number of hydrogen-bond acceptors (Lipinski definition) is 5. The fraction of sp³-hybridized carbons (Fsp3) is 0.550. The van der Waals surface area contributed by atoms with E-state index in [1.165, 1.54) is 4.90 Å². The predicted molar refractivity (Wildman–Crippen MR) is 99.9 cm³/mol. The van der Waals surface area contributed by atoms with Gasteiger partial charge in [0.1, 0.15) is 6.04 Å². The molecule has 7 nitrogen and oxygen atoms in total. The lowest BCUT2D eigenvalue weighted by molar-refractivity contribution is -0.136. The van der Waals surface area contributed by atoms with E-state index in [0.29, 0.717) is 38.2 Å². The van der Waals surface area contributed by atoms with Gasteiger partial charge in [0.05, 0.1) is 5.54 Å². The highest BCUT2D eigenvalue weighted by molar-refractivity contribution is 6.05. The number of piperidine rings is 2. The average molecular weight is 406 g/mol. The largest absolute Gasteiger partial charge is 0.322 e. The number of carbonyl (C=O) groups excluding carboxylic acids is 3. The zero-order chi connectivity index (χ0) is 20.8. The van der Waals surface area contributed by atoms with Crippen LogP contribution >= 0.6 is 0 Å². The molecule has 3 aliphatic rings. The fourth-order valence-electron chi connectivity index (χ4n) is 4.38. The number of alkyl halides is 2. The highest BCUT2D eigenvalue weighted by Crippen LogP contribution is 2.32. The third-order valence-corrected chi connectivity index (χ3v) is 6.29. The Labute approximate surface area is 167 Å². The Hall–Kier alpha value is -2.39. The van der Waals surface area contributed by atoms with E-state index in [1.807, 2.05) is 6.07 Å². The molecule has 1 aromatic rings. The van der Waals surface area contributed by atoms with Gasteiger partial charge in [0.15, 0.2) is 0 Å². The highest BCUT2D eigenvalue weighted by atomic mass is 19.3. The smallest absolute Gasteiger partial charge is 0.256 e. The summed E-state index contributed by atoms with van der Waals surface area (Å²) in [6.45, 7) is 1.78. The Morgan fingerprint density at radius 3 is 2.59 bits per heavy atom. The van der Waals surface area contributed by atoms with Gasteiger partial charge < -0.3 is 10.6 Å². The molecule has 9 heteroatoms. The molecule has 4 rings (SSSR count). The number of amides is 3. The van der Waals surface area contributed by atoms with Crippen molar-refractivity contribution in [1.29, 1.82) is 0 Å². The number of benzene rings is 1. The lowest BCUT2D eigenvalue weighted by atomic mass is 9.88. The lowest BCUT2D eigenvalue weighted by Gasteiger charge is -2.38. The van der Waals surface area contributed by atoms with E-state index in [-0.39, 0.29) is 31.1 Å². The van der Waals surface area contributed by atoms with Gasteiger partial charge in [-0.25, -0.2) is 8.78 Å². The molecule has 1 unspecified atom stereocenters. The Balaban J connectivity index is 1.48. The summed E-state index contributed by atoms with van der Waals surface area (Å²) in [4.78, 5) is 40.1. The van der Waals surface area contributed by atoms with Crippen molar-refractivity contribution >= 4 is 17.7 Å². The number of halogens is 2. The molecule has 1 atom stereocenters. The van der Waals surface area contributed by atoms with E-state index in [2.05, 4.69) is 10.2 Å². The second-order valence-electron chi connectivity index (χ2n) is 8.15. The molecule has 0 aliphatic carbocycles. The van der Waals surface area contributed by atoms with Gasteiger partial charge in [-0.2, -0.15) is 0 Å². The van der Waals surface area contributed by atoms with Crippen molar-refractivity contribution in [1.82, 2.24) is 15.1 Å². The number of nitrogens with zero attached hydrogens (tertiary/aromatic N) is 2. The fourth-order valence-corrected chi connectivity index (χ4v) is 4.38. The molecule has 3 amide bonds. The summed E-state index contributed by atoms with van der Waals surface area (Å²) in [5.41, 5.74) is 6.75. The van der Waals surface area contributed by atoms with Gasteiger partial charge in [-0.05, 0) is 36.5 Å². The van der Waals surface area contributed by atoms with Gasteiger partial charge >= 0.3 is 0 Å².